The van der Waals surface area contributed by atoms with Crippen molar-refractivity contribution in [1.82, 2.24) is 0 Å². The molecule has 0 unspecified atom stereocenters. The number of esters is 1. The highest BCUT2D eigenvalue weighted by atomic mass is 32.2. The number of hydrogen-bond acceptors (Lipinski definition) is 7. The SMILES string of the molecule is COc1cc(SC)ccc1C(=O)OCC(=O)c1ccc([N+](=O)[O-])cc1. The summed E-state index contributed by atoms with van der Waals surface area (Å²) < 4.78 is 10.2. The number of methoxy groups -OCH3 is 1. The second kappa shape index (κ2) is 8.29. The van der Waals surface area contributed by atoms with Crippen molar-refractivity contribution in [2.75, 3.05) is 20.0 Å². The standard InChI is InChI=1S/C17H15NO6S/c1-23-16-9-13(25-2)7-8-14(16)17(20)24-10-15(19)11-3-5-12(6-4-11)18(21)22/h3-9H,10H2,1-2H3. The summed E-state index contributed by atoms with van der Waals surface area (Å²) in [7, 11) is 1.44. The first-order chi connectivity index (χ1) is 12.0. The molecule has 2 aromatic rings. The minimum absolute atomic E-state index is 0.118. The summed E-state index contributed by atoms with van der Waals surface area (Å²) in [5.41, 5.74) is 0.326. The van der Waals surface area contributed by atoms with Gasteiger partial charge in [-0.3, -0.25) is 14.9 Å². The molecule has 0 aromatic heterocycles. The van der Waals surface area contributed by atoms with Crippen LogP contribution in [0.5, 0.6) is 5.75 Å². The van der Waals surface area contributed by atoms with E-state index in [1.807, 2.05) is 6.26 Å². The van der Waals surface area contributed by atoms with Gasteiger partial charge in [-0.05, 0) is 36.6 Å². The van der Waals surface area contributed by atoms with E-state index in [-0.39, 0.29) is 16.8 Å². The predicted molar refractivity (Wildman–Crippen MR) is 92.5 cm³/mol. The van der Waals surface area contributed by atoms with Gasteiger partial charge in [-0.2, -0.15) is 0 Å². The number of hydrogen-bond donors (Lipinski definition) is 0. The van der Waals surface area contributed by atoms with Crippen LogP contribution in [-0.2, 0) is 4.74 Å². The quantitative estimate of drug-likeness (QED) is 0.245. The Hall–Kier alpha value is -2.87. The molecule has 0 saturated heterocycles. The Morgan fingerprint density at radius 3 is 2.40 bits per heavy atom. The smallest absolute Gasteiger partial charge is 0.342 e. The van der Waals surface area contributed by atoms with Gasteiger partial charge in [0.05, 0.1) is 12.0 Å². The Kier molecular flexibility index (Phi) is 6.13. The molecule has 0 heterocycles. The highest BCUT2D eigenvalue weighted by Crippen LogP contribution is 2.26. The molecule has 0 spiro atoms. The molecule has 0 radical (unpaired) electrons. The lowest BCUT2D eigenvalue weighted by Gasteiger charge is -2.09. The average Bonchev–Trinajstić information content (AvgIpc) is 2.65. The minimum atomic E-state index is -0.681. The van der Waals surface area contributed by atoms with Gasteiger partial charge in [0.2, 0.25) is 0 Å². The van der Waals surface area contributed by atoms with Crippen molar-refractivity contribution >= 4 is 29.2 Å². The van der Waals surface area contributed by atoms with Crippen LogP contribution in [0.15, 0.2) is 47.4 Å². The van der Waals surface area contributed by atoms with Crippen LogP contribution in [0.4, 0.5) is 5.69 Å². The fraction of sp³-hybridized carbons (Fsp3) is 0.176. The maximum Gasteiger partial charge on any atom is 0.342 e. The van der Waals surface area contributed by atoms with E-state index in [9.17, 15) is 19.7 Å². The van der Waals surface area contributed by atoms with Gasteiger partial charge in [0.25, 0.3) is 5.69 Å². The Labute approximate surface area is 148 Å². The predicted octanol–water partition coefficient (Wildman–Crippen LogP) is 3.37. The van der Waals surface area contributed by atoms with Crippen molar-refractivity contribution in [3.8, 4) is 5.75 Å². The normalized spacial score (nSPS) is 10.2. The summed E-state index contributed by atoms with van der Waals surface area (Å²) in [5.74, 6) is -0.776. The molecule has 0 bridgehead atoms. The third-order valence-corrected chi connectivity index (χ3v) is 4.09. The number of nitro groups is 1. The average molecular weight is 361 g/mol. The Morgan fingerprint density at radius 2 is 1.84 bits per heavy atom. The Balaban J connectivity index is 2.04. The topological polar surface area (TPSA) is 95.7 Å². The van der Waals surface area contributed by atoms with Crippen LogP contribution in [-0.4, -0.2) is 36.6 Å². The van der Waals surface area contributed by atoms with E-state index in [1.54, 1.807) is 18.2 Å². The number of ketones is 1. The zero-order chi connectivity index (χ0) is 18.4. The second-order valence-corrected chi connectivity index (χ2v) is 5.75. The zero-order valence-corrected chi connectivity index (χ0v) is 14.4. The molecular formula is C17H15NO6S. The molecule has 2 rings (SSSR count). The van der Waals surface area contributed by atoms with E-state index in [0.29, 0.717) is 5.75 Å². The van der Waals surface area contributed by atoms with Gasteiger partial charge in [-0.15, -0.1) is 11.8 Å². The number of nitro benzene ring substituents is 1. The van der Waals surface area contributed by atoms with Gasteiger partial charge in [0.1, 0.15) is 11.3 Å². The van der Waals surface area contributed by atoms with E-state index in [1.165, 1.54) is 43.1 Å². The van der Waals surface area contributed by atoms with Crippen LogP contribution in [0.1, 0.15) is 20.7 Å². The van der Waals surface area contributed by atoms with Gasteiger partial charge in [0, 0.05) is 22.6 Å². The molecule has 2 aromatic carbocycles. The largest absolute Gasteiger partial charge is 0.496 e. The number of carbonyl (C=O) groups excluding carboxylic acids is 2. The van der Waals surface area contributed by atoms with Gasteiger partial charge >= 0.3 is 5.97 Å². The zero-order valence-electron chi connectivity index (χ0n) is 13.6. The molecule has 0 N–H and O–H groups in total. The number of nitrogens with zero attached hydrogens (tertiary/aromatic N) is 1. The molecule has 0 aliphatic rings. The van der Waals surface area contributed by atoms with Crippen LogP contribution in [0.3, 0.4) is 0 Å². The highest BCUT2D eigenvalue weighted by molar-refractivity contribution is 7.98. The first-order valence-electron chi connectivity index (χ1n) is 7.13. The van der Waals surface area contributed by atoms with Crippen LogP contribution in [0.25, 0.3) is 0 Å². The minimum Gasteiger partial charge on any atom is -0.496 e. The number of benzene rings is 2. The van der Waals surface area contributed by atoms with E-state index >= 15 is 0 Å². The van der Waals surface area contributed by atoms with Crippen molar-refractivity contribution in [3.63, 3.8) is 0 Å². The summed E-state index contributed by atoms with van der Waals surface area (Å²) in [6.07, 6.45) is 1.90. The summed E-state index contributed by atoms with van der Waals surface area (Å²) >= 11 is 1.50. The lowest BCUT2D eigenvalue weighted by molar-refractivity contribution is -0.384. The van der Waals surface area contributed by atoms with E-state index in [0.717, 1.165) is 4.90 Å². The molecule has 0 atom stereocenters. The van der Waals surface area contributed by atoms with Crippen molar-refractivity contribution in [1.29, 1.82) is 0 Å². The molecule has 0 fully saturated rings. The number of carbonyl (C=O) groups is 2. The molecule has 0 saturated carbocycles. The molecular weight excluding hydrogens is 346 g/mol. The molecule has 0 aliphatic carbocycles. The third-order valence-electron chi connectivity index (χ3n) is 3.36. The van der Waals surface area contributed by atoms with Gasteiger partial charge in [0.15, 0.2) is 12.4 Å². The van der Waals surface area contributed by atoms with Gasteiger partial charge in [-0.1, -0.05) is 0 Å². The third kappa shape index (κ3) is 4.57. The Bertz CT molecular complexity index is 803. The summed E-state index contributed by atoms with van der Waals surface area (Å²) in [6.45, 7) is -0.468. The van der Waals surface area contributed by atoms with Gasteiger partial charge < -0.3 is 9.47 Å². The first kappa shape index (κ1) is 18.5. The molecule has 130 valence electrons. The number of Topliss-reactive ketones (excluding diaryl/α,β-unsaturated/α-hetero) is 1. The maximum absolute atomic E-state index is 12.2. The fourth-order valence-corrected chi connectivity index (χ4v) is 2.46. The molecule has 0 amide bonds. The molecule has 7 nitrogen and oxygen atoms in total. The van der Waals surface area contributed by atoms with Crippen LogP contribution < -0.4 is 4.74 Å². The molecule has 25 heavy (non-hydrogen) atoms. The Morgan fingerprint density at radius 1 is 1.16 bits per heavy atom. The number of rotatable bonds is 7. The second-order valence-electron chi connectivity index (χ2n) is 4.87. The monoisotopic (exact) mass is 361 g/mol. The van der Waals surface area contributed by atoms with Crippen LogP contribution in [0.2, 0.25) is 0 Å². The van der Waals surface area contributed by atoms with Crippen LogP contribution in [0, 0.1) is 10.1 Å². The van der Waals surface area contributed by atoms with E-state index in [2.05, 4.69) is 0 Å². The van der Waals surface area contributed by atoms with Gasteiger partial charge in [-0.25, -0.2) is 4.79 Å². The van der Waals surface area contributed by atoms with E-state index < -0.39 is 23.3 Å². The van der Waals surface area contributed by atoms with Crippen molar-refractivity contribution in [2.24, 2.45) is 0 Å². The number of non-ortho nitro benzene ring substituents is 1. The summed E-state index contributed by atoms with van der Waals surface area (Å²) in [6, 6.07) is 10.1. The first-order valence-corrected chi connectivity index (χ1v) is 8.35. The number of thioether (sulfide) groups is 1. The lowest BCUT2D eigenvalue weighted by atomic mass is 10.1. The molecule has 0 aliphatic heterocycles. The van der Waals surface area contributed by atoms with Crippen molar-refractivity contribution < 1.29 is 24.0 Å². The summed E-state index contributed by atoms with van der Waals surface area (Å²) in [5, 5.41) is 10.6. The van der Waals surface area contributed by atoms with Crippen LogP contribution >= 0.6 is 11.8 Å². The lowest BCUT2D eigenvalue weighted by Crippen LogP contribution is -2.15. The van der Waals surface area contributed by atoms with Crippen molar-refractivity contribution in [2.45, 2.75) is 4.90 Å². The molecule has 8 heteroatoms. The number of ether oxygens (including phenoxy) is 2. The maximum atomic E-state index is 12.2. The van der Waals surface area contributed by atoms with Crippen molar-refractivity contribution in [3.05, 3.63) is 63.7 Å². The summed E-state index contributed by atoms with van der Waals surface area (Å²) in [4.78, 5) is 35.2. The fourth-order valence-electron chi connectivity index (χ4n) is 2.03. The highest BCUT2D eigenvalue weighted by Gasteiger charge is 2.17. The van der Waals surface area contributed by atoms with E-state index in [4.69, 9.17) is 9.47 Å².